The fourth-order valence-corrected chi connectivity index (χ4v) is 2.70. The molecule has 0 bridgehead atoms. The highest BCUT2D eigenvalue weighted by Gasteiger charge is 2.17. The molecule has 6 nitrogen and oxygen atoms in total. The second kappa shape index (κ2) is 13.2. The second-order valence-corrected chi connectivity index (χ2v) is 6.83. The van der Waals surface area contributed by atoms with Crippen molar-refractivity contribution in [1.29, 1.82) is 0 Å². The van der Waals surface area contributed by atoms with Crippen LogP contribution >= 0.6 is 24.0 Å². The smallest absolute Gasteiger partial charge is 0.191 e. The van der Waals surface area contributed by atoms with Gasteiger partial charge in [-0.2, -0.15) is 0 Å². The molecule has 27 heavy (non-hydrogen) atoms. The maximum Gasteiger partial charge on any atom is 0.191 e. The third-order valence-electron chi connectivity index (χ3n) is 4.03. The van der Waals surface area contributed by atoms with E-state index >= 15 is 0 Å². The fourth-order valence-electron chi connectivity index (χ4n) is 2.70. The van der Waals surface area contributed by atoms with E-state index in [0.717, 1.165) is 31.3 Å². The van der Waals surface area contributed by atoms with Gasteiger partial charge in [0.2, 0.25) is 0 Å². The van der Waals surface area contributed by atoms with Crippen LogP contribution in [0.2, 0.25) is 0 Å². The maximum atomic E-state index is 5.94. The number of halogens is 1. The number of rotatable bonds is 9. The van der Waals surface area contributed by atoms with E-state index < -0.39 is 0 Å². The Hall–Kier alpha value is -1.06. The van der Waals surface area contributed by atoms with E-state index in [9.17, 15) is 0 Å². The van der Waals surface area contributed by atoms with Crippen LogP contribution in [0.5, 0.6) is 5.75 Å². The van der Waals surface area contributed by atoms with Crippen molar-refractivity contribution in [2.24, 2.45) is 4.99 Å². The van der Waals surface area contributed by atoms with Crippen molar-refractivity contribution in [2.45, 2.75) is 52.4 Å². The van der Waals surface area contributed by atoms with Crippen molar-refractivity contribution in [3.05, 3.63) is 29.8 Å². The Kier molecular flexibility index (Phi) is 11.7. The highest BCUT2D eigenvalue weighted by Crippen LogP contribution is 2.14. The van der Waals surface area contributed by atoms with Gasteiger partial charge >= 0.3 is 0 Å². The predicted octanol–water partition coefficient (Wildman–Crippen LogP) is 3.13. The monoisotopic (exact) mass is 491 g/mol. The summed E-state index contributed by atoms with van der Waals surface area (Å²) < 4.78 is 17.1. The molecule has 0 amide bonds. The minimum absolute atomic E-state index is 0. The van der Waals surface area contributed by atoms with Gasteiger partial charge in [0.1, 0.15) is 11.9 Å². The summed E-state index contributed by atoms with van der Waals surface area (Å²) >= 11 is 0. The zero-order valence-corrected chi connectivity index (χ0v) is 19.2. The van der Waals surface area contributed by atoms with E-state index in [1.54, 1.807) is 0 Å². The lowest BCUT2D eigenvalue weighted by Crippen LogP contribution is -2.45. The predicted molar refractivity (Wildman–Crippen MR) is 120 cm³/mol. The van der Waals surface area contributed by atoms with Gasteiger partial charge in [-0.25, -0.2) is 4.99 Å². The van der Waals surface area contributed by atoms with Crippen molar-refractivity contribution in [3.8, 4) is 5.75 Å². The molecular weight excluding hydrogens is 457 g/mol. The van der Waals surface area contributed by atoms with Crippen LogP contribution < -0.4 is 15.4 Å². The van der Waals surface area contributed by atoms with Crippen molar-refractivity contribution in [1.82, 2.24) is 10.6 Å². The highest BCUT2D eigenvalue weighted by atomic mass is 127. The van der Waals surface area contributed by atoms with E-state index in [0.29, 0.717) is 19.8 Å². The molecule has 0 aromatic heterocycles. The number of hydrogen-bond acceptors (Lipinski definition) is 4. The van der Waals surface area contributed by atoms with Gasteiger partial charge in [-0.3, -0.25) is 0 Å². The first kappa shape index (κ1) is 24.0. The van der Waals surface area contributed by atoms with Crippen LogP contribution in [0.1, 0.15) is 32.8 Å². The number of nitrogens with one attached hydrogen (secondary N) is 2. The van der Waals surface area contributed by atoms with E-state index in [-0.39, 0.29) is 42.2 Å². The summed E-state index contributed by atoms with van der Waals surface area (Å²) in [6, 6.07) is 8.24. The lowest BCUT2D eigenvalue weighted by Gasteiger charge is -2.20. The molecule has 0 saturated carbocycles. The molecule has 1 aliphatic rings. The Morgan fingerprint density at radius 2 is 2.19 bits per heavy atom. The molecule has 1 heterocycles. The molecule has 1 aromatic rings. The Bertz CT molecular complexity index is 565. The largest absolute Gasteiger partial charge is 0.489 e. The summed E-state index contributed by atoms with van der Waals surface area (Å²) in [5.41, 5.74) is 1.19. The minimum atomic E-state index is -0.00514. The third kappa shape index (κ3) is 9.62. The molecular formula is C20H34IN3O3. The van der Waals surface area contributed by atoms with Crippen LogP contribution in [0.4, 0.5) is 0 Å². The molecule has 1 fully saturated rings. The van der Waals surface area contributed by atoms with Gasteiger partial charge in [-0.05, 0) is 51.8 Å². The van der Waals surface area contributed by atoms with Gasteiger partial charge in [0, 0.05) is 19.2 Å². The van der Waals surface area contributed by atoms with E-state index in [2.05, 4.69) is 42.5 Å². The van der Waals surface area contributed by atoms with Crippen molar-refractivity contribution < 1.29 is 14.2 Å². The summed E-state index contributed by atoms with van der Waals surface area (Å²) in [7, 11) is 0. The Morgan fingerprint density at radius 1 is 1.37 bits per heavy atom. The van der Waals surface area contributed by atoms with Gasteiger partial charge in [-0.1, -0.05) is 12.1 Å². The Morgan fingerprint density at radius 3 is 2.85 bits per heavy atom. The van der Waals surface area contributed by atoms with Crippen molar-refractivity contribution in [3.63, 3.8) is 0 Å². The van der Waals surface area contributed by atoms with E-state index in [1.807, 2.05) is 25.1 Å². The fraction of sp³-hybridized carbons (Fsp3) is 0.650. The SMILES string of the molecule is CCNC(=NCC(C)Oc1cccc(C)c1)NC(C)COC1CCOC1.I. The zero-order chi connectivity index (χ0) is 18.8. The number of guanidine groups is 1. The molecule has 1 saturated heterocycles. The van der Waals surface area contributed by atoms with Gasteiger partial charge in [0.25, 0.3) is 0 Å². The van der Waals surface area contributed by atoms with Crippen LogP contribution in [-0.4, -0.2) is 57.1 Å². The average Bonchev–Trinajstić information content (AvgIpc) is 3.12. The zero-order valence-electron chi connectivity index (χ0n) is 16.9. The number of hydrogen-bond donors (Lipinski definition) is 2. The molecule has 1 aromatic carbocycles. The standard InChI is InChI=1S/C20H33N3O3.HI/c1-5-21-20(23-16(3)13-25-19-9-10-24-14-19)22-12-17(4)26-18-8-6-7-15(2)11-18;/h6-8,11,16-17,19H,5,9-10,12-14H2,1-4H3,(H2,21,22,23);1H. The van der Waals surface area contributed by atoms with Gasteiger partial charge < -0.3 is 24.8 Å². The number of aryl methyl sites for hydroxylation is 1. The number of benzene rings is 1. The van der Waals surface area contributed by atoms with E-state index in [4.69, 9.17) is 14.2 Å². The molecule has 7 heteroatoms. The molecule has 3 atom stereocenters. The van der Waals surface area contributed by atoms with Crippen molar-refractivity contribution in [2.75, 3.05) is 32.9 Å². The summed E-state index contributed by atoms with van der Waals surface area (Å²) in [6.07, 6.45) is 1.20. The lowest BCUT2D eigenvalue weighted by molar-refractivity contribution is 0.0347. The van der Waals surface area contributed by atoms with E-state index in [1.165, 1.54) is 5.56 Å². The molecule has 0 radical (unpaired) electrons. The summed E-state index contributed by atoms with van der Waals surface area (Å²) in [5.74, 6) is 1.66. The summed E-state index contributed by atoms with van der Waals surface area (Å²) in [4.78, 5) is 4.64. The van der Waals surface area contributed by atoms with Crippen molar-refractivity contribution >= 4 is 29.9 Å². The highest BCUT2D eigenvalue weighted by molar-refractivity contribution is 14.0. The number of nitrogens with zero attached hydrogens (tertiary/aromatic N) is 1. The molecule has 2 N–H and O–H groups in total. The first-order valence-corrected chi connectivity index (χ1v) is 9.54. The van der Waals surface area contributed by atoms with Crippen LogP contribution in [0.15, 0.2) is 29.3 Å². The summed E-state index contributed by atoms with van der Waals surface area (Å²) in [5, 5.41) is 6.66. The van der Waals surface area contributed by atoms with Crippen LogP contribution in [-0.2, 0) is 9.47 Å². The minimum Gasteiger partial charge on any atom is -0.489 e. The lowest BCUT2D eigenvalue weighted by atomic mass is 10.2. The first-order chi connectivity index (χ1) is 12.6. The van der Waals surface area contributed by atoms with Crippen LogP contribution in [0.3, 0.4) is 0 Å². The normalized spacial score (nSPS) is 19.1. The third-order valence-corrected chi connectivity index (χ3v) is 4.03. The molecule has 154 valence electrons. The molecule has 0 spiro atoms. The average molecular weight is 491 g/mol. The molecule has 2 rings (SSSR count). The topological polar surface area (TPSA) is 64.1 Å². The maximum absolute atomic E-state index is 5.94. The number of ether oxygens (including phenoxy) is 3. The van der Waals surface area contributed by atoms with Gasteiger partial charge in [0.15, 0.2) is 5.96 Å². The van der Waals surface area contributed by atoms with Gasteiger partial charge in [0.05, 0.1) is 25.9 Å². The Balaban J connectivity index is 0.00000364. The summed E-state index contributed by atoms with van der Waals surface area (Å²) in [6.45, 7) is 11.8. The molecule has 1 aliphatic heterocycles. The quantitative estimate of drug-likeness (QED) is 0.316. The number of aliphatic imine (C=N–C) groups is 1. The second-order valence-electron chi connectivity index (χ2n) is 6.83. The van der Waals surface area contributed by atoms with Crippen LogP contribution in [0.25, 0.3) is 0 Å². The van der Waals surface area contributed by atoms with Gasteiger partial charge in [-0.15, -0.1) is 24.0 Å². The molecule has 3 unspecified atom stereocenters. The molecule has 0 aliphatic carbocycles. The first-order valence-electron chi connectivity index (χ1n) is 9.54. The Labute approximate surface area is 180 Å². The van der Waals surface area contributed by atoms with Crippen LogP contribution in [0, 0.1) is 6.92 Å².